The molecule has 0 bridgehead atoms. The summed E-state index contributed by atoms with van der Waals surface area (Å²) in [4.78, 5) is 0. The van der Waals surface area contributed by atoms with E-state index in [1.54, 1.807) is 7.11 Å². The zero-order chi connectivity index (χ0) is 11.8. The molecule has 0 radical (unpaired) electrons. The fourth-order valence-electron chi connectivity index (χ4n) is 2.31. The third kappa shape index (κ3) is 1.94. The van der Waals surface area contributed by atoms with Crippen LogP contribution in [0, 0.1) is 4.77 Å². The van der Waals surface area contributed by atoms with Crippen molar-refractivity contribution in [3.63, 3.8) is 0 Å². The van der Waals surface area contributed by atoms with Crippen LogP contribution in [0.25, 0.3) is 0 Å². The third-order valence-electron chi connectivity index (χ3n) is 3.47. The van der Waals surface area contributed by atoms with Crippen LogP contribution >= 0.6 is 12.2 Å². The predicted octanol–water partition coefficient (Wildman–Crippen LogP) is 2.63. The van der Waals surface area contributed by atoms with Gasteiger partial charge in [0.05, 0.1) is 5.60 Å². The molecule has 4 nitrogen and oxygen atoms in total. The topological polar surface area (TPSA) is 42.8 Å². The first kappa shape index (κ1) is 11.8. The molecular formula is C11H19N3OS. The smallest absolute Gasteiger partial charge is 0.195 e. The van der Waals surface area contributed by atoms with Crippen LogP contribution < -0.4 is 0 Å². The van der Waals surface area contributed by atoms with Gasteiger partial charge in [0.25, 0.3) is 0 Å². The average molecular weight is 241 g/mol. The maximum Gasteiger partial charge on any atom is 0.195 e. The second-order valence-electron chi connectivity index (χ2n) is 4.83. The lowest BCUT2D eigenvalue weighted by Gasteiger charge is -2.40. The van der Waals surface area contributed by atoms with Crippen LogP contribution in [0.3, 0.4) is 0 Å². The van der Waals surface area contributed by atoms with Gasteiger partial charge in [0.15, 0.2) is 4.77 Å². The molecule has 0 saturated heterocycles. The highest BCUT2D eigenvalue weighted by Crippen LogP contribution is 2.37. The van der Waals surface area contributed by atoms with Gasteiger partial charge in [0, 0.05) is 19.6 Å². The Morgan fingerprint density at radius 2 is 2.25 bits per heavy atom. The summed E-state index contributed by atoms with van der Waals surface area (Å²) in [6.45, 7) is 4.24. The molecule has 5 heteroatoms. The summed E-state index contributed by atoms with van der Waals surface area (Å²) in [7, 11) is 1.79. The molecule has 1 heterocycles. The first-order valence-electron chi connectivity index (χ1n) is 5.79. The molecule has 1 saturated carbocycles. The van der Waals surface area contributed by atoms with Crippen LogP contribution in [0.5, 0.6) is 0 Å². The molecule has 0 aromatic carbocycles. The van der Waals surface area contributed by atoms with E-state index in [1.807, 2.05) is 0 Å². The van der Waals surface area contributed by atoms with Crippen LogP contribution in [0.2, 0.25) is 0 Å². The van der Waals surface area contributed by atoms with Gasteiger partial charge in [-0.15, -0.1) is 0 Å². The van der Waals surface area contributed by atoms with Gasteiger partial charge >= 0.3 is 0 Å². The number of nitrogens with one attached hydrogen (secondary N) is 1. The highest BCUT2D eigenvalue weighted by molar-refractivity contribution is 7.71. The molecule has 0 aliphatic heterocycles. The lowest BCUT2D eigenvalue weighted by Crippen LogP contribution is -2.42. The Bertz CT molecular complexity index is 412. The van der Waals surface area contributed by atoms with Gasteiger partial charge in [-0.05, 0) is 45.3 Å². The van der Waals surface area contributed by atoms with Gasteiger partial charge in [-0.1, -0.05) is 0 Å². The molecule has 2 rings (SSSR count). The van der Waals surface area contributed by atoms with Crippen LogP contribution in [0.15, 0.2) is 0 Å². The van der Waals surface area contributed by atoms with E-state index in [9.17, 15) is 0 Å². The van der Waals surface area contributed by atoms with E-state index in [0.717, 1.165) is 25.1 Å². The summed E-state index contributed by atoms with van der Waals surface area (Å²) in [6.07, 6.45) is 4.36. The first-order chi connectivity index (χ1) is 7.58. The summed E-state index contributed by atoms with van der Waals surface area (Å²) in [5.74, 6) is 1.02. The van der Waals surface area contributed by atoms with Gasteiger partial charge in [0.1, 0.15) is 5.82 Å². The molecule has 0 amide bonds. The maximum atomic E-state index is 5.62. The van der Waals surface area contributed by atoms with Crippen molar-refractivity contribution < 1.29 is 4.74 Å². The van der Waals surface area contributed by atoms with E-state index in [1.165, 1.54) is 6.42 Å². The van der Waals surface area contributed by atoms with E-state index in [0.29, 0.717) is 10.8 Å². The molecule has 16 heavy (non-hydrogen) atoms. The summed E-state index contributed by atoms with van der Waals surface area (Å²) in [5.41, 5.74) is 0.00755. The summed E-state index contributed by atoms with van der Waals surface area (Å²) < 4.78 is 8.40. The highest BCUT2D eigenvalue weighted by Gasteiger charge is 2.38. The number of hydrogen-bond acceptors (Lipinski definition) is 3. The van der Waals surface area contributed by atoms with E-state index in [4.69, 9.17) is 17.0 Å². The second-order valence-corrected chi connectivity index (χ2v) is 5.21. The Morgan fingerprint density at radius 3 is 2.69 bits per heavy atom. The van der Waals surface area contributed by atoms with E-state index in [2.05, 4.69) is 28.6 Å². The van der Waals surface area contributed by atoms with Crippen molar-refractivity contribution in [1.82, 2.24) is 14.8 Å². The first-order valence-corrected chi connectivity index (χ1v) is 6.20. The molecule has 1 aromatic rings. The number of aromatic amines is 1. The number of H-pyrrole nitrogens is 1. The lowest BCUT2D eigenvalue weighted by atomic mass is 9.77. The Balaban J connectivity index is 2.24. The van der Waals surface area contributed by atoms with Gasteiger partial charge in [0.2, 0.25) is 0 Å². The molecular weight excluding hydrogens is 222 g/mol. The molecule has 0 spiro atoms. The molecule has 1 N–H and O–H groups in total. The number of methoxy groups -OCH3 is 1. The van der Waals surface area contributed by atoms with Crippen molar-refractivity contribution in [2.75, 3.05) is 7.11 Å². The molecule has 1 aliphatic carbocycles. The monoisotopic (exact) mass is 241 g/mol. The van der Waals surface area contributed by atoms with Crippen molar-refractivity contribution in [3.8, 4) is 0 Å². The Kier molecular flexibility index (Phi) is 3.17. The average Bonchev–Trinajstić information content (AvgIpc) is 2.53. The van der Waals surface area contributed by atoms with E-state index < -0.39 is 0 Å². The fourth-order valence-corrected chi connectivity index (χ4v) is 2.67. The number of rotatable bonds is 4. The number of aromatic nitrogens is 3. The standard InChI is InChI=1S/C11H19N3OS/c1-8(2)14-9(12-13-10(14)16)7-11(15-3)5-4-6-11/h8H,4-7H2,1-3H3,(H,13,16). The Hall–Kier alpha value is -0.680. The largest absolute Gasteiger partial charge is 0.378 e. The van der Waals surface area contributed by atoms with Crippen molar-refractivity contribution >= 4 is 12.2 Å². The van der Waals surface area contributed by atoms with Crippen LogP contribution in [0.1, 0.15) is 45.0 Å². The van der Waals surface area contributed by atoms with E-state index in [-0.39, 0.29) is 5.60 Å². The predicted molar refractivity (Wildman–Crippen MR) is 65.1 cm³/mol. The van der Waals surface area contributed by atoms with Gasteiger partial charge in [-0.25, -0.2) is 0 Å². The second kappa shape index (κ2) is 4.30. The molecule has 0 unspecified atom stereocenters. The zero-order valence-electron chi connectivity index (χ0n) is 10.1. The molecule has 1 aliphatic rings. The van der Waals surface area contributed by atoms with Crippen LogP contribution in [-0.2, 0) is 11.2 Å². The molecule has 1 fully saturated rings. The lowest BCUT2D eigenvalue weighted by molar-refractivity contribution is -0.0727. The normalized spacial score (nSPS) is 18.8. The minimum atomic E-state index is 0.00755. The van der Waals surface area contributed by atoms with Crippen molar-refractivity contribution in [2.45, 2.75) is 51.2 Å². The fraction of sp³-hybridized carbons (Fsp3) is 0.818. The van der Waals surface area contributed by atoms with Gasteiger partial charge in [-0.2, -0.15) is 5.10 Å². The van der Waals surface area contributed by atoms with Gasteiger partial charge in [-0.3, -0.25) is 5.10 Å². The molecule has 0 atom stereocenters. The Morgan fingerprint density at radius 1 is 1.56 bits per heavy atom. The SMILES string of the molecule is COC1(Cc2n[nH]c(=S)n2C(C)C)CCC1. The number of nitrogens with zero attached hydrogens (tertiary/aromatic N) is 2. The minimum absolute atomic E-state index is 0.00755. The quantitative estimate of drug-likeness (QED) is 0.824. The van der Waals surface area contributed by atoms with Crippen LogP contribution in [-0.4, -0.2) is 27.5 Å². The number of ether oxygens (including phenoxy) is 1. The van der Waals surface area contributed by atoms with E-state index >= 15 is 0 Å². The van der Waals surface area contributed by atoms with Crippen LogP contribution in [0.4, 0.5) is 0 Å². The van der Waals surface area contributed by atoms with Gasteiger partial charge < -0.3 is 9.30 Å². The summed E-state index contributed by atoms with van der Waals surface area (Å²) in [6, 6.07) is 0.343. The molecule has 1 aromatic heterocycles. The van der Waals surface area contributed by atoms with Crippen molar-refractivity contribution in [3.05, 3.63) is 10.6 Å². The zero-order valence-corrected chi connectivity index (χ0v) is 10.9. The summed E-state index contributed by atoms with van der Waals surface area (Å²) >= 11 is 5.23. The maximum absolute atomic E-state index is 5.62. The van der Waals surface area contributed by atoms with Crippen molar-refractivity contribution in [1.29, 1.82) is 0 Å². The molecule has 90 valence electrons. The summed E-state index contributed by atoms with van der Waals surface area (Å²) in [5, 5.41) is 7.19. The third-order valence-corrected chi connectivity index (χ3v) is 3.76. The Labute approximate surface area is 101 Å². The minimum Gasteiger partial charge on any atom is -0.378 e. The van der Waals surface area contributed by atoms with Crippen molar-refractivity contribution in [2.24, 2.45) is 0 Å². The highest BCUT2D eigenvalue weighted by atomic mass is 32.1. The number of hydrogen-bond donors (Lipinski definition) is 1.